The van der Waals surface area contributed by atoms with Crippen molar-refractivity contribution in [3.05, 3.63) is 63.7 Å². The van der Waals surface area contributed by atoms with Crippen molar-refractivity contribution in [2.24, 2.45) is 0 Å². The fourth-order valence-corrected chi connectivity index (χ4v) is 2.88. The van der Waals surface area contributed by atoms with E-state index < -0.39 is 35.4 Å². The van der Waals surface area contributed by atoms with Crippen LogP contribution >= 0.6 is 11.6 Å². The van der Waals surface area contributed by atoms with Crippen molar-refractivity contribution in [3.8, 4) is 0 Å². The highest BCUT2D eigenvalue weighted by Gasteiger charge is 2.19. The van der Waals surface area contributed by atoms with Crippen LogP contribution < -0.4 is 5.32 Å². The van der Waals surface area contributed by atoms with Gasteiger partial charge in [-0.15, -0.1) is 0 Å². The average molecular weight is 430 g/mol. The van der Waals surface area contributed by atoms with Gasteiger partial charge in [0.25, 0.3) is 0 Å². The second kappa shape index (κ2) is 8.24. The Morgan fingerprint density at radius 3 is 2.55 bits per heavy atom. The van der Waals surface area contributed by atoms with Gasteiger partial charge in [-0.2, -0.15) is 10.2 Å². The highest BCUT2D eigenvalue weighted by atomic mass is 35.5. The zero-order chi connectivity index (χ0) is 21.3. The standard InChI is InChI=1S/C18H16ClF4N5O/c1-9-16(19)10(2)28(26-9)4-3-15(29)25-11-6-24-27(7-11)8-12-13(20)5-14(21)18(23)17(12)22/h5-7H,3-4,8H2,1-2H3,(H,25,29). The Bertz CT molecular complexity index is 1080. The van der Waals surface area contributed by atoms with E-state index in [9.17, 15) is 22.4 Å². The summed E-state index contributed by atoms with van der Waals surface area (Å²) in [5, 5.41) is 11.2. The van der Waals surface area contributed by atoms with Crippen molar-refractivity contribution in [2.45, 2.75) is 33.4 Å². The van der Waals surface area contributed by atoms with Gasteiger partial charge in [0.2, 0.25) is 5.91 Å². The van der Waals surface area contributed by atoms with E-state index in [1.807, 2.05) is 0 Å². The molecule has 0 saturated heterocycles. The normalized spacial score (nSPS) is 11.1. The van der Waals surface area contributed by atoms with Crippen LogP contribution in [0.3, 0.4) is 0 Å². The van der Waals surface area contributed by atoms with E-state index in [-0.39, 0.29) is 24.1 Å². The van der Waals surface area contributed by atoms with Crippen LogP contribution in [0.25, 0.3) is 0 Å². The summed E-state index contributed by atoms with van der Waals surface area (Å²) in [5.41, 5.74) is 1.03. The first-order valence-electron chi connectivity index (χ1n) is 8.51. The van der Waals surface area contributed by atoms with Gasteiger partial charge >= 0.3 is 0 Å². The molecule has 11 heteroatoms. The van der Waals surface area contributed by atoms with E-state index in [2.05, 4.69) is 15.5 Å². The number of benzene rings is 1. The number of aromatic nitrogens is 4. The third-order valence-corrected chi connectivity index (χ3v) is 4.84. The molecule has 0 saturated carbocycles. The Morgan fingerprint density at radius 1 is 1.17 bits per heavy atom. The van der Waals surface area contributed by atoms with Crippen molar-refractivity contribution in [3.63, 3.8) is 0 Å². The number of anilines is 1. The van der Waals surface area contributed by atoms with Gasteiger partial charge in [0.15, 0.2) is 17.5 Å². The fraction of sp³-hybridized carbons (Fsp3) is 0.278. The first-order valence-corrected chi connectivity index (χ1v) is 8.88. The van der Waals surface area contributed by atoms with Crippen LogP contribution in [-0.4, -0.2) is 25.5 Å². The number of carbonyl (C=O) groups excluding carboxylic acids is 1. The van der Waals surface area contributed by atoms with Crippen LogP contribution in [0.5, 0.6) is 0 Å². The van der Waals surface area contributed by atoms with Gasteiger partial charge in [-0.3, -0.25) is 14.2 Å². The zero-order valence-corrected chi connectivity index (χ0v) is 16.2. The largest absolute Gasteiger partial charge is 0.323 e. The maximum absolute atomic E-state index is 13.8. The number of rotatable bonds is 6. The van der Waals surface area contributed by atoms with E-state index in [0.29, 0.717) is 17.3 Å². The summed E-state index contributed by atoms with van der Waals surface area (Å²) in [4.78, 5) is 12.1. The number of halogens is 5. The van der Waals surface area contributed by atoms with Gasteiger partial charge < -0.3 is 5.32 Å². The predicted molar refractivity (Wildman–Crippen MR) is 97.6 cm³/mol. The Kier molecular flexibility index (Phi) is 5.92. The summed E-state index contributed by atoms with van der Waals surface area (Å²) in [6.45, 7) is 3.39. The molecule has 0 atom stereocenters. The molecular formula is C18H16ClF4N5O. The number of nitrogens with one attached hydrogen (secondary N) is 1. The topological polar surface area (TPSA) is 64.7 Å². The van der Waals surface area contributed by atoms with Gasteiger partial charge in [-0.1, -0.05) is 11.6 Å². The van der Waals surface area contributed by atoms with E-state index in [1.54, 1.807) is 18.5 Å². The Balaban J connectivity index is 1.62. The molecule has 29 heavy (non-hydrogen) atoms. The number of hydrogen-bond donors (Lipinski definition) is 1. The van der Waals surface area contributed by atoms with Crippen LogP contribution in [0.2, 0.25) is 5.02 Å². The third-order valence-electron chi connectivity index (χ3n) is 4.29. The number of nitrogens with zero attached hydrogens (tertiary/aromatic N) is 4. The third kappa shape index (κ3) is 4.42. The minimum absolute atomic E-state index is 0.107. The lowest BCUT2D eigenvalue weighted by Gasteiger charge is -2.07. The lowest BCUT2D eigenvalue weighted by atomic mass is 10.2. The molecule has 3 rings (SSSR count). The number of aryl methyl sites for hydroxylation is 2. The fourth-order valence-electron chi connectivity index (χ4n) is 2.75. The number of hydrogen-bond acceptors (Lipinski definition) is 3. The van der Waals surface area contributed by atoms with Crippen LogP contribution in [0.15, 0.2) is 18.5 Å². The van der Waals surface area contributed by atoms with E-state index in [0.717, 1.165) is 10.4 Å². The van der Waals surface area contributed by atoms with Gasteiger partial charge in [-0.25, -0.2) is 17.6 Å². The maximum Gasteiger partial charge on any atom is 0.226 e. The molecule has 0 aliphatic rings. The molecule has 0 unspecified atom stereocenters. The summed E-state index contributed by atoms with van der Waals surface area (Å²) < 4.78 is 56.5. The quantitative estimate of drug-likeness (QED) is 0.366. The Hall–Kier alpha value is -2.88. The summed E-state index contributed by atoms with van der Waals surface area (Å²) in [7, 11) is 0. The zero-order valence-electron chi connectivity index (χ0n) is 15.4. The number of amides is 1. The average Bonchev–Trinajstić information content (AvgIpc) is 3.21. The van der Waals surface area contributed by atoms with Gasteiger partial charge in [0.05, 0.1) is 41.4 Å². The first kappa shape index (κ1) is 20.8. The maximum atomic E-state index is 13.8. The molecule has 2 heterocycles. The minimum Gasteiger partial charge on any atom is -0.323 e. The Labute approximate surface area is 168 Å². The molecule has 3 aromatic rings. The molecule has 6 nitrogen and oxygen atoms in total. The highest BCUT2D eigenvalue weighted by molar-refractivity contribution is 6.31. The molecule has 0 aliphatic heterocycles. The van der Waals surface area contributed by atoms with Gasteiger partial charge in [0, 0.05) is 24.2 Å². The first-order chi connectivity index (χ1) is 13.7. The van der Waals surface area contributed by atoms with Crippen LogP contribution in [-0.2, 0) is 17.9 Å². The molecule has 2 aromatic heterocycles. The van der Waals surface area contributed by atoms with Crippen molar-refractivity contribution >= 4 is 23.2 Å². The van der Waals surface area contributed by atoms with Gasteiger partial charge in [-0.05, 0) is 13.8 Å². The lowest BCUT2D eigenvalue weighted by molar-refractivity contribution is -0.116. The molecular weight excluding hydrogens is 414 g/mol. The summed E-state index contributed by atoms with van der Waals surface area (Å²) in [5.74, 6) is -6.55. The molecule has 154 valence electrons. The molecule has 1 amide bonds. The SMILES string of the molecule is Cc1nn(CCC(=O)Nc2cnn(Cc3c(F)cc(F)c(F)c3F)c2)c(C)c1Cl. The van der Waals surface area contributed by atoms with E-state index in [4.69, 9.17) is 11.6 Å². The van der Waals surface area contributed by atoms with E-state index >= 15 is 0 Å². The summed E-state index contributed by atoms with van der Waals surface area (Å²) in [6.07, 6.45) is 2.70. The van der Waals surface area contributed by atoms with Gasteiger partial charge in [0.1, 0.15) is 5.82 Å². The molecule has 0 bridgehead atoms. The molecule has 1 aromatic carbocycles. The highest BCUT2D eigenvalue weighted by Crippen LogP contribution is 2.21. The van der Waals surface area contributed by atoms with Crippen molar-refractivity contribution < 1.29 is 22.4 Å². The smallest absolute Gasteiger partial charge is 0.226 e. The molecule has 0 fully saturated rings. The van der Waals surface area contributed by atoms with Crippen molar-refractivity contribution in [2.75, 3.05) is 5.32 Å². The minimum atomic E-state index is -1.76. The molecule has 0 aliphatic carbocycles. The molecule has 1 N–H and O–H groups in total. The predicted octanol–water partition coefficient (Wildman–Crippen LogP) is 3.98. The Morgan fingerprint density at radius 2 is 1.90 bits per heavy atom. The van der Waals surface area contributed by atoms with Crippen molar-refractivity contribution in [1.29, 1.82) is 0 Å². The molecule has 0 spiro atoms. The van der Waals surface area contributed by atoms with Crippen molar-refractivity contribution in [1.82, 2.24) is 19.6 Å². The second-order valence-corrected chi connectivity index (χ2v) is 6.76. The molecule has 0 radical (unpaired) electrons. The van der Waals surface area contributed by atoms with Crippen LogP contribution in [0, 0.1) is 37.1 Å². The summed E-state index contributed by atoms with van der Waals surface area (Å²) in [6, 6.07) is 0.269. The van der Waals surface area contributed by atoms with E-state index in [1.165, 1.54) is 12.4 Å². The lowest BCUT2D eigenvalue weighted by Crippen LogP contribution is -2.15. The second-order valence-electron chi connectivity index (χ2n) is 6.38. The summed E-state index contributed by atoms with van der Waals surface area (Å²) >= 11 is 6.06. The van der Waals surface area contributed by atoms with Crippen LogP contribution in [0.1, 0.15) is 23.4 Å². The number of carbonyl (C=O) groups is 1. The van der Waals surface area contributed by atoms with Crippen LogP contribution in [0.4, 0.5) is 23.2 Å². The monoisotopic (exact) mass is 429 g/mol.